The summed E-state index contributed by atoms with van der Waals surface area (Å²) < 4.78 is 1.59. The second-order valence-corrected chi connectivity index (χ2v) is 3.57. The molecule has 0 amide bonds. The quantitative estimate of drug-likeness (QED) is 0.628. The maximum absolute atomic E-state index is 10.9. The van der Waals surface area contributed by atoms with Gasteiger partial charge in [-0.2, -0.15) is 5.10 Å². The van der Waals surface area contributed by atoms with Gasteiger partial charge >= 0.3 is 5.69 Å². The van der Waals surface area contributed by atoms with Crippen LogP contribution < -0.4 is 10.6 Å². The topological polar surface area (TPSA) is 97.9 Å². The average molecular weight is 248 g/mol. The van der Waals surface area contributed by atoms with Crippen molar-refractivity contribution in [2.24, 2.45) is 7.05 Å². The van der Waals surface area contributed by atoms with E-state index in [1.165, 1.54) is 6.07 Å². The number of hydrogen-bond acceptors (Lipinski definition) is 6. The molecule has 2 N–H and O–H groups in total. The summed E-state index contributed by atoms with van der Waals surface area (Å²) in [6, 6.07) is 4.64. The standard InChI is InChI=1S/C10H12N6O2/c1-11-8-4-3-7(16(17)18)10(12-8)13-9-5-6-15(2)14-9/h3-6H,1-2H3,(H2,11,12,13,14). The van der Waals surface area contributed by atoms with Crippen LogP contribution in [0.3, 0.4) is 0 Å². The Labute approximate surface area is 103 Å². The minimum absolute atomic E-state index is 0.0975. The number of nitro groups is 1. The van der Waals surface area contributed by atoms with Crippen molar-refractivity contribution in [2.75, 3.05) is 17.7 Å². The van der Waals surface area contributed by atoms with Crippen molar-refractivity contribution < 1.29 is 4.92 Å². The van der Waals surface area contributed by atoms with Gasteiger partial charge in [-0.3, -0.25) is 14.8 Å². The van der Waals surface area contributed by atoms with Gasteiger partial charge in [0.2, 0.25) is 5.82 Å². The molecule has 0 fully saturated rings. The molecule has 2 rings (SSSR count). The monoisotopic (exact) mass is 248 g/mol. The van der Waals surface area contributed by atoms with Crippen LogP contribution in [0, 0.1) is 10.1 Å². The van der Waals surface area contributed by atoms with E-state index >= 15 is 0 Å². The molecule has 8 nitrogen and oxygen atoms in total. The van der Waals surface area contributed by atoms with E-state index in [2.05, 4.69) is 20.7 Å². The first-order valence-electron chi connectivity index (χ1n) is 5.20. The first-order valence-corrected chi connectivity index (χ1v) is 5.20. The molecule has 2 heterocycles. The number of hydrogen-bond donors (Lipinski definition) is 2. The Morgan fingerprint density at radius 1 is 1.33 bits per heavy atom. The fourth-order valence-corrected chi connectivity index (χ4v) is 1.43. The minimum Gasteiger partial charge on any atom is -0.373 e. The Balaban J connectivity index is 2.37. The smallest absolute Gasteiger partial charge is 0.311 e. The van der Waals surface area contributed by atoms with E-state index in [4.69, 9.17) is 0 Å². The fourth-order valence-electron chi connectivity index (χ4n) is 1.43. The molecule has 0 unspecified atom stereocenters. The van der Waals surface area contributed by atoms with Crippen molar-refractivity contribution in [3.8, 4) is 0 Å². The molecule has 2 aromatic rings. The Kier molecular flexibility index (Phi) is 3.09. The highest BCUT2D eigenvalue weighted by Gasteiger charge is 2.16. The van der Waals surface area contributed by atoms with Gasteiger partial charge in [0.1, 0.15) is 5.82 Å². The second kappa shape index (κ2) is 4.70. The lowest BCUT2D eigenvalue weighted by molar-refractivity contribution is -0.384. The van der Waals surface area contributed by atoms with Crippen LogP contribution in [0.25, 0.3) is 0 Å². The van der Waals surface area contributed by atoms with Gasteiger partial charge in [0.05, 0.1) is 4.92 Å². The summed E-state index contributed by atoms with van der Waals surface area (Å²) in [6.45, 7) is 0. The van der Waals surface area contributed by atoms with E-state index in [-0.39, 0.29) is 11.5 Å². The molecule has 8 heteroatoms. The minimum atomic E-state index is -0.488. The Morgan fingerprint density at radius 3 is 2.67 bits per heavy atom. The zero-order chi connectivity index (χ0) is 13.1. The summed E-state index contributed by atoms with van der Waals surface area (Å²) in [5.74, 6) is 1.20. The first kappa shape index (κ1) is 11.8. The van der Waals surface area contributed by atoms with Crippen molar-refractivity contribution in [2.45, 2.75) is 0 Å². The summed E-state index contributed by atoms with van der Waals surface area (Å²) in [5, 5.41) is 20.6. The zero-order valence-corrected chi connectivity index (χ0v) is 9.91. The van der Waals surface area contributed by atoms with Gasteiger partial charge in [-0.1, -0.05) is 0 Å². The summed E-state index contributed by atoms with van der Waals surface area (Å²) in [5.41, 5.74) is -0.0975. The highest BCUT2D eigenvalue weighted by molar-refractivity contribution is 5.65. The van der Waals surface area contributed by atoms with Gasteiger partial charge in [-0.25, -0.2) is 4.98 Å². The predicted molar refractivity (Wildman–Crippen MR) is 66.9 cm³/mol. The van der Waals surface area contributed by atoms with Crippen LogP contribution in [0.2, 0.25) is 0 Å². The zero-order valence-electron chi connectivity index (χ0n) is 9.91. The summed E-state index contributed by atoms with van der Waals surface area (Å²) >= 11 is 0. The molecule has 0 saturated carbocycles. The SMILES string of the molecule is CNc1ccc([N+](=O)[O-])c(Nc2ccn(C)n2)n1. The molecular weight excluding hydrogens is 236 g/mol. The maximum atomic E-state index is 10.9. The number of pyridine rings is 1. The Hall–Kier alpha value is -2.64. The van der Waals surface area contributed by atoms with E-state index in [1.54, 1.807) is 37.1 Å². The Bertz CT molecular complexity index is 579. The molecule has 0 aliphatic heterocycles. The summed E-state index contributed by atoms with van der Waals surface area (Å²) in [4.78, 5) is 14.5. The first-order chi connectivity index (χ1) is 8.60. The Morgan fingerprint density at radius 2 is 2.11 bits per heavy atom. The lowest BCUT2D eigenvalue weighted by Gasteiger charge is -2.05. The lowest BCUT2D eigenvalue weighted by Crippen LogP contribution is -2.03. The van der Waals surface area contributed by atoms with Crippen molar-refractivity contribution in [3.05, 3.63) is 34.5 Å². The maximum Gasteiger partial charge on any atom is 0.311 e. The lowest BCUT2D eigenvalue weighted by atomic mass is 10.3. The molecular formula is C10H12N6O2. The van der Waals surface area contributed by atoms with E-state index in [0.29, 0.717) is 11.6 Å². The largest absolute Gasteiger partial charge is 0.373 e. The number of rotatable bonds is 4. The van der Waals surface area contributed by atoms with Crippen LogP contribution in [0.4, 0.5) is 23.1 Å². The summed E-state index contributed by atoms with van der Waals surface area (Å²) in [7, 11) is 3.45. The average Bonchev–Trinajstić information content (AvgIpc) is 2.74. The molecule has 18 heavy (non-hydrogen) atoms. The third-order valence-electron chi connectivity index (χ3n) is 2.29. The molecule has 0 saturated heterocycles. The fraction of sp³-hybridized carbons (Fsp3) is 0.200. The summed E-state index contributed by atoms with van der Waals surface area (Å²) in [6.07, 6.45) is 1.73. The molecule has 2 aromatic heterocycles. The van der Waals surface area contributed by atoms with Crippen LogP contribution in [-0.4, -0.2) is 26.7 Å². The second-order valence-electron chi connectivity index (χ2n) is 3.57. The van der Waals surface area contributed by atoms with Crippen molar-refractivity contribution >= 4 is 23.1 Å². The van der Waals surface area contributed by atoms with Crippen LogP contribution in [0.15, 0.2) is 24.4 Å². The van der Waals surface area contributed by atoms with Gasteiger partial charge in [-0.05, 0) is 6.07 Å². The van der Waals surface area contributed by atoms with Crippen molar-refractivity contribution in [1.29, 1.82) is 0 Å². The van der Waals surface area contributed by atoms with Crippen molar-refractivity contribution in [3.63, 3.8) is 0 Å². The molecule has 94 valence electrons. The highest BCUT2D eigenvalue weighted by Crippen LogP contribution is 2.26. The van der Waals surface area contributed by atoms with Crippen LogP contribution in [0.1, 0.15) is 0 Å². The molecule has 0 radical (unpaired) electrons. The van der Waals surface area contributed by atoms with Gasteiger partial charge in [0.25, 0.3) is 0 Å². The van der Waals surface area contributed by atoms with Crippen LogP contribution in [-0.2, 0) is 7.05 Å². The normalized spacial score (nSPS) is 10.1. The molecule has 0 spiro atoms. The number of nitrogens with zero attached hydrogens (tertiary/aromatic N) is 4. The molecule has 0 aliphatic carbocycles. The highest BCUT2D eigenvalue weighted by atomic mass is 16.6. The van der Waals surface area contributed by atoms with Gasteiger partial charge in [-0.15, -0.1) is 0 Å². The van der Waals surface area contributed by atoms with Gasteiger partial charge in [0.15, 0.2) is 5.82 Å². The number of aromatic nitrogens is 3. The number of aryl methyl sites for hydroxylation is 1. The van der Waals surface area contributed by atoms with Crippen molar-refractivity contribution in [1.82, 2.24) is 14.8 Å². The number of nitrogens with one attached hydrogen (secondary N) is 2. The third kappa shape index (κ3) is 2.37. The molecule has 0 atom stereocenters. The van der Waals surface area contributed by atoms with Crippen LogP contribution >= 0.6 is 0 Å². The van der Waals surface area contributed by atoms with Gasteiger partial charge < -0.3 is 10.6 Å². The van der Waals surface area contributed by atoms with E-state index in [1.807, 2.05) is 0 Å². The molecule has 0 bridgehead atoms. The molecule has 0 aliphatic rings. The van der Waals surface area contributed by atoms with E-state index < -0.39 is 4.92 Å². The number of anilines is 3. The van der Waals surface area contributed by atoms with Crippen LogP contribution in [0.5, 0.6) is 0 Å². The third-order valence-corrected chi connectivity index (χ3v) is 2.29. The van der Waals surface area contributed by atoms with Gasteiger partial charge in [0, 0.05) is 32.4 Å². The molecule has 0 aromatic carbocycles. The van der Waals surface area contributed by atoms with E-state index in [9.17, 15) is 10.1 Å². The predicted octanol–water partition coefficient (Wildman–Crippen LogP) is 1.51. The van der Waals surface area contributed by atoms with E-state index in [0.717, 1.165) is 0 Å².